The minimum absolute atomic E-state index is 0.0209. The topological polar surface area (TPSA) is 72.3 Å². The Labute approximate surface area is 114 Å². The molecule has 4 heteroatoms. The molecule has 4 N–H and O–H groups in total. The van der Waals surface area contributed by atoms with Crippen molar-refractivity contribution >= 4 is 5.91 Å². The van der Waals surface area contributed by atoms with Gasteiger partial charge in [-0.15, -0.1) is 0 Å². The minimum Gasteiger partial charge on any atom is -0.334 e. The Morgan fingerprint density at radius 2 is 2.05 bits per heavy atom. The molecule has 0 saturated carbocycles. The molecule has 1 aliphatic heterocycles. The van der Waals surface area contributed by atoms with Crippen molar-refractivity contribution in [2.24, 2.45) is 11.5 Å². The molecule has 1 aliphatic rings. The SMILES string of the molecule is CC(N)C1CCCCN1C(=O)c1ccc(CN)cc1. The highest BCUT2D eigenvalue weighted by Crippen LogP contribution is 2.21. The van der Waals surface area contributed by atoms with Gasteiger partial charge in [-0.3, -0.25) is 4.79 Å². The predicted molar refractivity (Wildman–Crippen MR) is 76.7 cm³/mol. The van der Waals surface area contributed by atoms with Gasteiger partial charge in [0.05, 0.1) is 0 Å². The molecule has 0 aromatic heterocycles. The molecule has 0 radical (unpaired) electrons. The Kier molecular flexibility index (Phi) is 4.56. The molecule has 0 aliphatic carbocycles. The third kappa shape index (κ3) is 3.14. The monoisotopic (exact) mass is 261 g/mol. The molecular formula is C15H23N3O. The number of carbonyl (C=O) groups is 1. The maximum absolute atomic E-state index is 12.6. The van der Waals surface area contributed by atoms with E-state index in [1.807, 2.05) is 36.1 Å². The van der Waals surface area contributed by atoms with Crippen LogP contribution in [0.3, 0.4) is 0 Å². The maximum Gasteiger partial charge on any atom is 0.254 e. The number of carbonyl (C=O) groups excluding carboxylic acids is 1. The van der Waals surface area contributed by atoms with Crippen LogP contribution in [0.1, 0.15) is 42.1 Å². The van der Waals surface area contributed by atoms with Crippen molar-refractivity contribution in [3.8, 4) is 0 Å². The first-order chi connectivity index (χ1) is 9.13. The summed E-state index contributed by atoms with van der Waals surface area (Å²) in [5.41, 5.74) is 13.3. The van der Waals surface area contributed by atoms with Crippen LogP contribution in [-0.4, -0.2) is 29.4 Å². The average Bonchev–Trinajstić information content (AvgIpc) is 2.46. The summed E-state index contributed by atoms with van der Waals surface area (Å²) >= 11 is 0. The first kappa shape index (κ1) is 14.0. The van der Waals surface area contributed by atoms with E-state index in [-0.39, 0.29) is 18.0 Å². The van der Waals surface area contributed by atoms with Crippen LogP contribution in [0.15, 0.2) is 24.3 Å². The summed E-state index contributed by atoms with van der Waals surface area (Å²) in [7, 11) is 0. The van der Waals surface area contributed by atoms with E-state index >= 15 is 0 Å². The van der Waals surface area contributed by atoms with Crippen LogP contribution in [0.25, 0.3) is 0 Å². The lowest BCUT2D eigenvalue weighted by atomic mass is 9.96. The smallest absolute Gasteiger partial charge is 0.254 e. The van der Waals surface area contributed by atoms with Crippen LogP contribution in [0, 0.1) is 0 Å². The van der Waals surface area contributed by atoms with E-state index in [9.17, 15) is 4.79 Å². The molecule has 1 fully saturated rings. The van der Waals surface area contributed by atoms with Crippen molar-refractivity contribution in [3.63, 3.8) is 0 Å². The number of nitrogens with two attached hydrogens (primary N) is 2. The van der Waals surface area contributed by atoms with Crippen molar-refractivity contribution in [1.82, 2.24) is 4.90 Å². The second-order valence-electron chi connectivity index (χ2n) is 5.32. The van der Waals surface area contributed by atoms with Gasteiger partial charge in [0, 0.05) is 30.7 Å². The Balaban J connectivity index is 2.16. The molecule has 0 bridgehead atoms. The van der Waals surface area contributed by atoms with Gasteiger partial charge in [-0.1, -0.05) is 12.1 Å². The predicted octanol–water partition coefficient (Wildman–Crippen LogP) is 1.49. The van der Waals surface area contributed by atoms with E-state index in [4.69, 9.17) is 11.5 Å². The van der Waals surface area contributed by atoms with Crippen LogP contribution in [0.5, 0.6) is 0 Å². The zero-order valence-corrected chi connectivity index (χ0v) is 11.5. The van der Waals surface area contributed by atoms with Gasteiger partial charge < -0.3 is 16.4 Å². The lowest BCUT2D eigenvalue weighted by Crippen LogP contribution is -2.51. The Hall–Kier alpha value is -1.39. The van der Waals surface area contributed by atoms with Crippen LogP contribution in [-0.2, 0) is 6.54 Å². The largest absolute Gasteiger partial charge is 0.334 e. The Morgan fingerprint density at radius 1 is 1.37 bits per heavy atom. The highest BCUT2D eigenvalue weighted by molar-refractivity contribution is 5.94. The molecule has 2 unspecified atom stereocenters. The average molecular weight is 261 g/mol. The highest BCUT2D eigenvalue weighted by Gasteiger charge is 2.29. The summed E-state index contributed by atoms with van der Waals surface area (Å²) in [6, 6.07) is 7.73. The summed E-state index contributed by atoms with van der Waals surface area (Å²) in [5, 5.41) is 0. The van der Waals surface area contributed by atoms with E-state index in [0.717, 1.165) is 36.9 Å². The van der Waals surface area contributed by atoms with E-state index < -0.39 is 0 Å². The first-order valence-electron chi connectivity index (χ1n) is 6.99. The zero-order chi connectivity index (χ0) is 13.8. The molecule has 2 rings (SSSR count). The van der Waals surface area contributed by atoms with Gasteiger partial charge in [-0.25, -0.2) is 0 Å². The molecule has 19 heavy (non-hydrogen) atoms. The van der Waals surface area contributed by atoms with Crippen LogP contribution >= 0.6 is 0 Å². The molecule has 104 valence electrons. The van der Waals surface area contributed by atoms with Gasteiger partial charge >= 0.3 is 0 Å². The second-order valence-corrected chi connectivity index (χ2v) is 5.32. The number of piperidine rings is 1. The normalized spacial score (nSPS) is 21.2. The summed E-state index contributed by atoms with van der Waals surface area (Å²) in [5.74, 6) is 0.0885. The fraction of sp³-hybridized carbons (Fsp3) is 0.533. The van der Waals surface area contributed by atoms with Gasteiger partial charge in [-0.05, 0) is 43.9 Å². The summed E-state index contributed by atoms with van der Waals surface area (Å²) < 4.78 is 0. The van der Waals surface area contributed by atoms with Gasteiger partial charge in [0.1, 0.15) is 0 Å². The molecule has 1 heterocycles. The van der Waals surface area contributed by atoms with Gasteiger partial charge in [-0.2, -0.15) is 0 Å². The van der Waals surface area contributed by atoms with Crippen LogP contribution in [0.4, 0.5) is 0 Å². The third-order valence-corrected chi connectivity index (χ3v) is 3.85. The number of hydrogen-bond acceptors (Lipinski definition) is 3. The molecule has 1 amide bonds. The number of rotatable bonds is 3. The van der Waals surface area contributed by atoms with Crippen LogP contribution < -0.4 is 11.5 Å². The number of benzene rings is 1. The number of likely N-dealkylation sites (tertiary alicyclic amines) is 1. The van der Waals surface area contributed by atoms with E-state index in [1.54, 1.807) is 0 Å². The van der Waals surface area contributed by atoms with Gasteiger partial charge in [0.2, 0.25) is 0 Å². The Bertz CT molecular complexity index is 428. The van der Waals surface area contributed by atoms with E-state index in [1.165, 1.54) is 0 Å². The Morgan fingerprint density at radius 3 is 2.63 bits per heavy atom. The zero-order valence-electron chi connectivity index (χ0n) is 11.5. The lowest BCUT2D eigenvalue weighted by molar-refractivity contribution is 0.0584. The quantitative estimate of drug-likeness (QED) is 0.865. The molecular weight excluding hydrogens is 238 g/mol. The van der Waals surface area contributed by atoms with Crippen molar-refractivity contribution in [2.45, 2.75) is 44.8 Å². The van der Waals surface area contributed by atoms with Crippen molar-refractivity contribution in [2.75, 3.05) is 6.54 Å². The highest BCUT2D eigenvalue weighted by atomic mass is 16.2. The first-order valence-corrected chi connectivity index (χ1v) is 6.99. The summed E-state index contributed by atoms with van der Waals surface area (Å²) in [6.07, 6.45) is 3.22. The molecule has 1 aromatic carbocycles. The lowest BCUT2D eigenvalue weighted by Gasteiger charge is -2.38. The fourth-order valence-electron chi connectivity index (χ4n) is 2.71. The van der Waals surface area contributed by atoms with Crippen LogP contribution in [0.2, 0.25) is 0 Å². The van der Waals surface area contributed by atoms with Crippen molar-refractivity contribution in [1.29, 1.82) is 0 Å². The number of amides is 1. The molecule has 1 aromatic rings. The molecule has 1 saturated heterocycles. The second kappa shape index (κ2) is 6.17. The van der Waals surface area contributed by atoms with E-state index in [2.05, 4.69) is 0 Å². The van der Waals surface area contributed by atoms with Crippen molar-refractivity contribution < 1.29 is 4.79 Å². The van der Waals surface area contributed by atoms with Gasteiger partial charge in [0.15, 0.2) is 0 Å². The maximum atomic E-state index is 12.6. The van der Waals surface area contributed by atoms with Crippen molar-refractivity contribution in [3.05, 3.63) is 35.4 Å². The van der Waals surface area contributed by atoms with E-state index in [0.29, 0.717) is 6.54 Å². The summed E-state index contributed by atoms with van der Waals surface area (Å²) in [4.78, 5) is 14.5. The van der Waals surface area contributed by atoms with Gasteiger partial charge in [0.25, 0.3) is 5.91 Å². The molecule has 2 atom stereocenters. The number of nitrogens with zero attached hydrogens (tertiary/aromatic N) is 1. The third-order valence-electron chi connectivity index (χ3n) is 3.85. The standard InChI is InChI=1S/C15H23N3O/c1-11(17)14-4-2-3-9-18(14)15(19)13-7-5-12(10-16)6-8-13/h5-8,11,14H,2-4,9-10,16-17H2,1H3. The molecule has 4 nitrogen and oxygen atoms in total. The molecule has 0 spiro atoms. The number of hydrogen-bond donors (Lipinski definition) is 2. The minimum atomic E-state index is 0.0209. The summed E-state index contributed by atoms with van der Waals surface area (Å²) in [6.45, 7) is 3.29. The fourth-order valence-corrected chi connectivity index (χ4v) is 2.71.